The van der Waals surface area contributed by atoms with Crippen molar-refractivity contribution >= 4 is 28.9 Å². The fourth-order valence-corrected chi connectivity index (χ4v) is 2.85. The number of fused-ring (bicyclic) bond motifs is 1. The normalized spacial score (nSPS) is 12.4. The van der Waals surface area contributed by atoms with Crippen molar-refractivity contribution in [3.05, 3.63) is 77.2 Å². The van der Waals surface area contributed by atoms with Gasteiger partial charge < -0.3 is 15.4 Å². The Hall–Kier alpha value is -3.92. The van der Waals surface area contributed by atoms with Gasteiger partial charge in [-0.2, -0.15) is 5.26 Å². The molecule has 0 saturated heterocycles. The number of carbonyl (C=O) groups excluding carboxylic acids is 1. The number of para-hydroxylation sites is 1. The summed E-state index contributed by atoms with van der Waals surface area (Å²) in [5.74, 6) is -2.70. The van der Waals surface area contributed by atoms with Crippen molar-refractivity contribution in [2.45, 2.75) is 12.5 Å². The molecule has 0 aliphatic heterocycles. The first-order chi connectivity index (χ1) is 13.5. The molecule has 0 saturated carbocycles. The minimum atomic E-state index is -1.25. The van der Waals surface area contributed by atoms with Crippen LogP contribution in [0.4, 0.5) is 4.39 Å². The van der Waals surface area contributed by atoms with Gasteiger partial charge in [0.1, 0.15) is 23.5 Å². The molecule has 0 aliphatic rings. The molecule has 0 unspecified atom stereocenters. The Labute approximate surface area is 159 Å². The molecule has 3 rings (SSSR count). The fourth-order valence-electron chi connectivity index (χ4n) is 2.85. The number of benzene rings is 2. The minimum absolute atomic E-state index is 0.0312. The highest BCUT2D eigenvalue weighted by molar-refractivity contribution is 6.03. The van der Waals surface area contributed by atoms with Crippen LogP contribution in [0, 0.1) is 17.1 Å². The summed E-state index contributed by atoms with van der Waals surface area (Å²) in [6, 6.07) is 13.5. The van der Waals surface area contributed by atoms with Crippen LogP contribution in [0.15, 0.2) is 60.3 Å². The van der Waals surface area contributed by atoms with Crippen molar-refractivity contribution in [2.75, 3.05) is 0 Å². The number of halogens is 1. The molecule has 0 aliphatic carbocycles. The van der Waals surface area contributed by atoms with Gasteiger partial charge in [-0.1, -0.05) is 36.4 Å². The molecule has 1 heterocycles. The lowest BCUT2D eigenvalue weighted by atomic mass is 10.0. The number of nitrogens with zero attached hydrogens (tertiary/aromatic N) is 1. The van der Waals surface area contributed by atoms with Gasteiger partial charge in [0.15, 0.2) is 0 Å². The van der Waals surface area contributed by atoms with E-state index >= 15 is 0 Å². The Morgan fingerprint density at radius 3 is 2.64 bits per heavy atom. The van der Waals surface area contributed by atoms with Crippen LogP contribution in [-0.2, 0) is 16.0 Å². The van der Waals surface area contributed by atoms with E-state index in [2.05, 4.69) is 10.3 Å². The van der Waals surface area contributed by atoms with E-state index in [9.17, 15) is 24.3 Å². The molecule has 0 fully saturated rings. The SMILES string of the molecule is N#C/C(=C/c1ccccc1F)C(=O)N[C@@H](Cc1c[nH]c2ccccc12)C(=O)O. The summed E-state index contributed by atoms with van der Waals surface area (Å²) < 4.78 is 13.8. The van der Waals surface area contributed by atoms with E-state index < -0.39 is 23.7 Å². The number of nitriles is 1. The summed E-state index contributed by atoms with van der Waals surface area (Å²) >= 11 is 0. The molecule has 0 bridgehead atoms. The first-order valence-electron chi connectivity index (χ1n) is 8.44. The maximum atomic E-state index is 13.8. The number of aromatic amines is 1. The maximum Gasteiger partial charge on any atom is 0.326 e. The highest BCUT2D eigenvalue weighted by atomic mass is 19.1. The first kappa shape index (κ1) is 18.9. The Bertz CT molecular complexity index is 1110. The maximum absolute atomic E-state index is 13.8. The van der Waals surface area contributed by atoms with Gasteiger partial charge in [0.25, 0.3) is 5.91 Å². The van der Waals surface area contributed by atoms with E-state index in [1.54, 1.807) is 18.3 Å². The van der Waals surface area contributed by atoms with Crippen LogP contribution in [0.25, 0.3) is 17.0 Å². The van der Waals surface area contributed by atoms with Crippen LogP contribution < -0.4 is 5.32 Å². The van der Waals surface area contributed by atoms with Gasteiger partial charge in [0.2, 0.25) is 0 Å². The number of carboxylic acids is 1. The molecule has 28 heavy (non-hydrogen) atoms. The summed E-state index contributed by atoms with van der Waals surface area (Å²) in [5.41, 5.74) is 1.26. The zero-order valence-electron chi connectivity index (χ0n) is 14.6. The van der Waals surface area contributed by atoms with Crippen molar-refractivity contribution in [3.63, 3.8) is 0 Å². The zero-order chi connectivity index (χ0) is 20.1. The lowest BCUT2D eigenvalue weighted by Crippen LogP contribution is -2.42. The van der Waals surface area contributed by atoms with Gasteiger partial charge in [-0.05, 0) is 23.8 Å². The van der Waals surface area contributed by atoms with Crippen molar-refractivity contribution in [1.82, 2.24) is 10.3 Å². The molecule has 6 nitrogen and oxygen atoms in total. The van der Waals surface area contributed by atoms with Gasteiger partial charge >= 0.3 is 5.97 Å². The van der Waals surface area contributed by atoms with E-state index in [0.29, 0.717) is 0 Å². The molecule has 0 spiro atoms. The molecule has 1 atom stereocenters. The number of hydrogen-bond acceptors (Lipinski definition) is 3. The average molecular weight is 377 g/mol. The van der Waals surface area contributed by atoms with E-state index in [-0.39, 0.29) is 17.6 Å². The zero-order valence-corrected chi connectivity index (χ0v) is 14.6. The second-order valence-electron chi connectivity index (χ2n) is 6.12. The number of carbonyl (C=O) groups is 2. The van der Waals surface area contributed by atoms with Gasteiger partial charge in [0, 0.05) is 29.1 Å². The number of hydrogen-bond donors (Lipinski definition) is 3. The van der Waals surface area contributed by atoms with Crippen molar-refractivity contribution in [1.29, 1.82) is 5.26 Å². The molecule has 0 radical (unpaired) electrons. The van der Waals surface area contributed by atoms with E-state index in [0.717, 1.165) is 22.5 Å². The van der Waals surface area contributed by atoms with E-state index in [1.807, 2.05) is 24.3 Å². The van der Waals surface area contributed by atoms with Gasteiger partial charge in [0.05, 0.1) is 0 Å². The fraction of sp³-hybridized carbons (Fsp3) is 0.0952. The second-order valence-corrected chi connectivity index (χ2v) is 6.12. The van der Waals surface area contributed by atoms with Crippen LogP contribution >= 0.6 is 0 Å². The van der Waals surface area contributed by atoms with Crippen molar-refractivity contribution in [3.8, 4) is 6.07 Å². The van der Waals surface area contributed by atoms with Gasteiger partial charge in [-0.15, -0.1) is 0 Å². The van der Waals surface area contributed by atoms with Crippen molar-refractivity contribution < 1.29 is 19.1 Å². The molecular weight excluding hydrogens is 361 g/mol. The smallest absolute Gasteiger partial charge is 0.326 e. The third kappa shape index (κ3) is 4.07. The summed E-state index contributed by atoms with van der Waals surface area (Å²) in [5, 5.41) is 21.9. The number of carboxylic acid groups (broad SMARTS) is 1. The summed E-state index contributed by atoms with van der Waals surface area (Å²) in [6.07, 6.45) is 2.81. The summed E-state index contributed by atoms with van der Waals surface area (Å²) in [4.78, 5) is 27.1. The topological polar surface area (TPSA) is 106 Å². The lowest BCUT2D eigenvalue weighted by Gasteiger charge is -2.14. The number of H-pyrrole nitrogens is 1. The number of rotatable bonds is 6. The highest BCUT2D eigenvalue weighted by Crippen LogP contribution is 2.19. The van der Waals surface area contributed by atoms with Crippen LogP contribution in [0.2, 0.25) is 0 Å². The van der Waals surface area contributed by atoms with Crippen LogP contribution in [-0.4, -0.2) is 28.0 Å². The summed E-state index contributed by atoms with van der Waals surface area (Å²) in [6.45, 7) is 0. The van der Waals surface area contributed by atoms with Gasteiger partial charge in [-0.3, -0.25) is 4.79 Å². The number of nitrogens with one attached hydrogen (secondary N) is 2. The third-order valence-electron chi connectivity index (χ3n) is 4.27. The molecule has 3 aromatic rings. The Balaban J connectivity index is 1.82. The number of aromatic nitrogens is 1. The third-order valence-corrected chi connectivity index (χ3v) is 4.27. The van der Waals surface area contributed by atoms with E-state index in [1.165, 1.54) is 18.2 Å². The van der Waals surface area contributed by atoms with Crippen LogP contribution in [0.3, 0.4) is 0 Å². The van der Waals surface area contributed by atoms with Crippen LogP contribution in [0.5, 0.6) is 0 Å². The molecule has 2 aromatic carbocycles. The number of aliphatic carboxylic acids is 1. The molecule has 7 heteroatoms. The Morgan fingerprint density at radius 2 is 1.93 bits per heavy atom. The molecule has 140 valence electrons. The quantitative estimate of drug-likeness (QED) is 0.453. The first-order valence-corrected chi connectivity index (χ1v) is 8.44. The molecule has 1 amide bonds. The Morgan fingerprint density at radius 1 is 1.21 bits per heavy atom. The highest BCUT2D eigenvalue weighted by Gasteiger charge is 2.23. The standard InChI is InChI=1S/C21H16FN3O3/c22-17-7-3-1-5-13(17)9-14(11-23)20(26)25-19(21(27)28)10-15-12-24-18-8-4-2-6-16(15)18/h1-9,12,19,24H,10H2,(H,25,26)(H,27,28)/b14-9-/t19-/m0/s1. The average Bonchev–Trinajstić information content (AvgIpc) is 3.09. The number of amides is 1. The second kappa shape index (κ2) is 8.18. The van der Waals surface area contributed by atoms with E-state index in [4.69, 9.17) is 0 Å². The largest absolute Gasteiger partial charge is 0.480 e. The monoisotopic (exact) mass is 377 g/mol. The lowest BCUT2D eigenvalue weighted by molar-refractivity contribution is -0.141. The molecule has 3 N–H and O–H groups in total. The predicted octanol–water partition coefficient (Wildman–Crippen LogP) is 3.03. The van der Waals surface area contributed by atoms with Crippen LogP contribution in [0.1, 0.15) is 11.1 Å². The molecular formula is C21H16FN3O3. The minimum Gasteiger partial charge on any atom is -0.480 e. The van der Waals surface area contributed by atoms with Crippen molar-refractivity contribution in [2.24, 2.45) is 0 Å². The summed E-state index contributed by atoms with van der Waals surface area (Å²) in [7, 11) is 0. The Kier molecular flexibility index (Phi) is 5.51. The van der Waals surface area contributed by atoms with Gasteiger partial charge in [-0.25, -0.2) is 9.18 Å². The predicted molar refractivity (Wildman–Crippen MR) is 102 cm³/mol. The molecule has 1 aromatic heterocycles.